The Morgan fingerprint density at radius 3 is 2.33 bits per heavy atom. The van der Waals surface area contributed by atoms with Gasteiger partial charge in [0.2, 0.25) is 0 Å². The average Bonchev–Trinajstić information content (AvgIpc) is 3.46. The first-order valence-electron chi connectivity index (χ1n) is 11.1. The van der Waals surface area contributed by atoms with Crippen molar-refractivity contribution in [3.8, 4) is 0 Å². The summed E-state index contributed by atoms with van der Waals surface area (Å²) in [5.74, 6) is -0.871. The van der Waals surface area contributed by atoms with Crippen molar-refractivity contribution in [2.24, 2.45) is 0 Å². The third-order valence-corrected chi connectivity index (χ3v) is 6.16. The lowest BCUT2D eigenvalue weighted by Crippen LogP contribution is -2.41. The molecule has 0 N–H and O–H groups in total. The van der Waals surface area contributed by atoms with Gasteiger partial charge >= 0.3 is 0 Å². The Hall–Kier alpha value is -2.42. The molecule has 33 heavy (non-hydrogen) atoms. The molecule has 0 bridgehead atoms. The molecule has 3 atom stereocenters. The van der Waals surface area contributed by atoms with E-state index in [-0.39, 0.29) is 18.3 Å². The molecule has 0 spiro atoms. The molecular weight excluding hydrogens is 438 g/mol. The highest BCUT2D eigenvalue weighted by atomic mass is 32.1. The monoisotopic (exact) mass is 467 g/mol. The predicted molar refractivity (Wildman–Crippen MR) is 126 cm³/mol. The topological polar surface area (TPSA) is 66.9 Å². The van der Waals surface area contributed by atoms with E-state index in [9.17, 15) is 4.79 Å². The van der Waals surface area contributed by atoms with Gasteiger partial charge in [-0.1, -0.05) is 60.7 Å². The summed E-state index contributed by atoms with van der Waals surface area (Å²) >= 11 is 1.33. The zero-order valence-electron chi connectivity index (χ0n) is 18.9. The first-order chi connectivity index (χ1) is 16.0. The molecule has 2 aromatic carbocycles. The van der Waals surface area contributed by atoms with Gasteiger partial charge in [0.05, 0.1) is 25.9 Å². The van der Waals surface area contributed by atoms with Gasteiger partial charge in [0.15, 0.2) is 16.6 Å². The van der Waals surface area contributed by atoms with Gasteiger partial charge in [-0.15, -0.1) is 11.3 Å². The third-order valence-electron chi connectivity index (χ3n) is 5.35. The molecule has 0 unspecified atom stereocenters. The Kier molecular flexibility index (Phi) is 8.01. The number of ether oxygens (including phenoxy) is 4. The SMILES string of the molecule is CC1(C)O[C@@H]([C@@H](CC(=O)c2nccs2)OCc2ccccc2)[C@@H](COCc2ccccc2)O1. The molecule has 1 aromatic heterocycles. The van der Waals surface area contributed by atoms with E-state index in [2.05, 4.69) is 4.98 Å². The van der Waals surface area contributed by atoms with Gasteiger partial charge < -0.3 is 18.9 Å². The lowest BCUT2D eigenvalue weighted by atomic mass is 10.0. The minimum absolute atomic E-state index is 0.0691. The Bertz CT molecular complexity index is 994. The highest BCUT2D eigenvalue weighted by Gasteiger charge is 2.46. The van der Waals surface area contributed by atoms with Crippen LogP contribution in [0, 0.1) is 0 Å². The van der Waals surface area contributed by atoms with E-state index in [0.29, 0.717) is 24.8 Å². The molecule has 7 heteroatoms. The summed E-state index contributed by atoms with van der Waals surface area (Å²) in [6.07, 6.45) is 0.460. The molecule has 2 heterocycles. The number of aromatic nitrogens is 1. The van der Waals surface area contributed by atoms with Crippen LogP contribution < -0.4 is 0 Å². The lowest BCUT2D eigenvalue weighted by molar-refractivity contribution is -0.162. The second-order valence-corrected chi connectivity index (χ2v) is 9.33. The summed E-state index contributed by atoms with van der Waals surface area (Å²) < 4.78 is 24.6. The fraction of sp³-hybridized carbons (Fsp3) is 0.385. The summed E-state index contributed by atoms with van der Waals surface area (Å²) in [4.78, 5) is 17.1. The van der Waals surface area contributed by atoms with Crippen LogP contribution in [-0.2, 0) is 32.2 Å². The molecule has 6 nitrogen and oxygen atoms in total. The minimum atomic E-state index is -0.802. The van der Waals surface area contributed by atoms with Crippen molar-refractivity contribution in [2.45, 2.75) is 57.6 Å². The highest BCUT2D eigenvalue weighted by molar-refractivity contribution is 7.11. The van der Waals surface area contributed by atoms with E-state index >= 15 is 0 Å². The van der Waals surface area contributed by atoms with E-state index in [1.54, 1.807) is 11.6 Å². The number of nitrogens with zero attached hydrogens (tertiary/aromatic N) is 1. The van der Waals surface area contributed by atoms with Gasteiger partial charge in [-0.05, 0) is 25.0 Å². The van der Waals surface area contributed by atoms with E-state index < -0.39 is 18.0 Å². The van der Waals surface area contributed by atoms with Crippen molar-refractivity contribution in [1.29, 1.82) is 0 Å². The van der Waals surface area contributed by atoms with E-state index in [4.69, 9.17) is 18.9 Å². The van der Waals surface area contributed by atoms with Crippen LogP contribution in [0.3, 0.4) is 0 Å². The maximum absolute atomic E-state index is 12.9. The molecule has 1 saturated heterocycles. The molecule has 3 aromatic rings. The van der Waals surface area contributed by atoms with Gasteiger partial charge in [-0.25, -0.2) is 4.98 Å². The van der Waals surface area contributed by atoms with Gasteiger partial charge in [0.1, 0.15) is 12.2 Å². The van der Waals surface area contributed by atoms with Crippen molar-refractivity contribution >= 4 is 17.1 Å². The van der Waals surface area contributed by atoms with Gasteiger partial charge in [0, 0.05) is 18.0 Å². The molecule has 1 fully saturated rings. The third kappa shape index (κ3) is 6.79. The van der Waals surface area contributed by atoms with Crippen LogP contribution in [0.1, 0.15) is 41.2 Å². The second-order valence-electron chi connectivity index (χ2n) is 8.44. The molecule has 1 aliphatic rings. The number of Topliss-reactive ketones (excluding diaryl/α,β-unsaturated/α-hetero) is 1. The van der Waals surface area contributed by atoms with Gasteiger partial charge in [-0.2, -0.15) is 0 Å². The van der Waals surface area contributed by atoms with Crippen LogP contribution in [0.2, 0.25) is 0 Å². The average molecular weight is 468 g/mol. The zero-order valence-corrected chi connectivity index (χ0v) is 19.7. The number of ketones is 1. The smallest absolute Gasteiger partial charge is 0.194 e. The summed E-state index contributed by atoms with van der Waals surface area (Å²) in [5.41, 5.74) is 2.11. The number of rotatable bonds is 11. The number of thiazole rings is 1. The molecule has 4 rings (SSSR count). The van der Waals surface area contributed by atoms with E-state index in [1.165, 1.54) is 11.3 Å². The molecule has 0 aliphatic carbocycles. The van der Waals surface area contributed by atoms with E-state index in [1.807, 2.05) is 74.5 Å². The van der Waals surface area contributed by atoms with Crippen molar-refractivity contribution < 1.29 is 23.7 Å². The largest absolute Gasteiger partial charge is 0.374 e. The van der Waals surface area contributed by atoms with Crippen LogP contribution in [0.25, 0.3) is 0 Å². The maximum atomic E-state index is 12.9. The maximum Gasteiger partial charge on any atom is 0.194 e. The Labute approximate surface area is 198 Å². The standard InChI is InChI=1S/C26H29NO5S/c1-26(2)31-23(18-29-16-19-9-5-3-6-10-19)24(32-26)22(15-21(28)25-27-13-14-33-25)30-17-20-11-7-4-8-12-20/h3-14,22-24H,15-18H2,1-2H3/t22-,23-,24+/m1/s1. The number of hydrogen-bond donors (Lipinski definition) is 0. The van der Waals surface area contributed by atoms with Crippen LogP contribution in [-0.4, -0.2) is 41.5 Å². The van der Waals surface area contributed by atoms with Crippen LogP contribution in [0.4, 0.5) is 0 Å². The first-order valence-corrected chi connectivity index (χ1v) is 11.9. The molecule has 0 saturated carbocycles. The van der Waals surface area contributed by atoms with E-state index in [0.717, 1.165) is 11.1 Å². The van der Waals surface area contributed by atoms with Crippen LogP contribution in [0.5, 0.6) is 0 Å². The number of carbonyl (C=O) groups is 1. The molecule has 0 amide bonds. The van der Waals surface area contributed by atoms with Crippen molar-refractivity contribution in [1.82, 2.24) is 4.98 Å². The van der Waals surface area contributed by atoms with Crippen molar-refractivity contribution in [3.05, 3.63) is 88.4 Å². The number of hydrogen-bond acceptors (Lipinski definition) is 7. The molecule has 0 radical (unpaired) electrons. The van der Waals surface area contributed by atoms with Crippen LogP contribution >= 0.6 is 11.3 Å². The molecule has 1 aliphatic heterocycles. The molecular formula is C26H29NO5S. The van der Waals surface area contributed by atoms with Crippen molar-refractivity contribution in [2.75, 3.05) is 6.61 Å². The Morgan fingerprint density at radius 1 is 1.03 bits per heavy atom. The fourth-order valence-electron chi connectivity index (χ4n) is 3.85. The Morgan fingerprint density at radius 2 is 1.70 bits per heavy atom. The summed E-state index contributed by atoms with van der Waals surface area (Å²) in [5, 5.41) is 2.27. The number of carbonyl (C=O) groups excluding carboxylic acids is 1. The van der Waals surface area contributed by atoms with Gasteiger partial charge in [0.25, 0.3) is 0 Å². The zero-order chi connectivity index (χ0) is 23.1. The predicted octanol–water partition coefficient (Wildman–Crippen LogP) is 5.04. The second kappa shape index (κ2) is 11.1. The fourth-order valence-corrected chi connectivity index (χ4v) is 4.44. The number of benzene rings is 2. The Balaban J connectivity index is 1.46. The quantitative estimate of drug-likeness (QED) is 0.368. The summed E-state index contributed by atoms with van der Waals surface area (Å²) in [7, 11) is 0. The van der Waals surface area contributed by atoms with Crippen LogP contribution in [0.15, 0.2) is 72.2 Å². The van der Waals surface area contributed by atoms with Crippen molar-refractivity contribution in [3.63, 3.8) is 0 Å². The summed E-state index contributed by atoms with van der Waals surface area (Å²) in [6, 6.07) is 19.9. The normalized spacial score (nSPS) is 20.5. The first kappa shape index (κ1) is 23.7. The minimum Gasteiger partial charge on any atom is -0.374 e. The highest BCUT2D eigenvalue weighted by Crippen LogP contribution is 2.33. The lowest BCUT2D eigenvalue weighted by Gasteiger charge is -2.26. The van der Waals surface area contributed by atoms with Gasteiger partial charge in [-0.3, -0.25) is 4.79 Å². The molecule has 174 valence electrons. The summed E-state index contributed by atoms with van der Waals surface area (Å²) in [6.45, 7) is 4.91.